The molecule has 1 saturated heterocycles. The summed E-state index contributed by atoms with van der Waals surface area (Å²) in [6.45, 7) is 3.62. The first kappa shape index (κ1) is 21.2. The van der Waals surface area contributed by atoms with Crippen LogP contribution in [0.15, 0.2) is 59.5 Å². The Balaban J connectivity index is 1.58. The van der Waals surface area contributed by atoms with Crippen LogP contribution in [-0.4, -0.2) is 64.2 Å². The maximum Gasteiger partial charge on any atom is 0.281 e. The Hall–Kier alpha value is -2.55. The van der Waals surface area contributed by atoms with Gasteiger partial charge in [0, 0.05) is 18.3 Å². The van der Waals surface area contributed by atoms with Crippen LogP contribution in [0.5, 0.6) is 0 Å². The molecule has 0 aromatic heterocycles. The van der Waals surface area contributed by atoms with Crippen LogP contribution in [0.2, 0.25) is 0 Å². The van der Waals surface area contributed by atoms with Gasteiger partial charge in [0.15, 0.2) is 12.3 Å². The summed E-state index contributed by atoms with van der Waals surface area (Å²) in [5.74, 6) is -0.0985. The summed E-state index contributed by atoms with van der Waals surface area (Å²) in [4.78, 5) is 26.8. The molecule has 3 rings (SSSR count). The Morgan fingerprint density at radius 2 is 1.59 bits per heavy atom. The second kappa shape index (κ2) is 8.86. The Labute approximate surface area is 171 Å². The molecule has 0 unspecified atom stereocenters. The molecule has 0 spiro atoms. The molecule has 7 nitrogen and oxygen atoms in total. The van der Waals surface area contributed by atoms with Gasteiger partial charge in [0.2, 0.25) is 10.0 Å². The molecule has 1 N–H and O–H groups in total. The summed E-state index contributed by atoms with van der Waals surface area (Å²) >= 11 is 0. The molecule has 0 bridgehead atoms. The van der Waals surface area contributed by atoms with Crippen molar-refractivity contribution >= 4 is 27.4 Å². The van der Waals surface area contributed by atoms with E-state index < -0.39 is 10.0 Å². The lowest BCUT2D eigenvalue weighted by Gasteiger charge is -2.32. The molecular weight excluding hydrogens is 390 g/mol. The fraction of sp³-hybridized carbons (Fsp3) is 0.333. The van der Waals surface area contributed by atoms with Gasteiger partial charge in [0.1, 0.15) is 0 Å². The van der Waals surface area contributed by atoms with Crippen molar-refractivity contribution in [2.24, 2.45) is 0 Å². The monoisotopic (exact) mass is 416 g/mol. The van der Waals surface area contributed by atoms with Crippen LogP contribution in [0.25, 0.3) is 0 Å². The first-order valence-electron chi connectivity index (χ1n) is 9.55. The van der Waals surface area contributed by atoms with Crippen molar-refractivity contribution in [1.82, 2.24) is 4.31 Å². The van der Waals surface area contributed by atoms with E-state index >= 15 is 0 Å². The summed E-state index contributed by atoms with van der Waals surface area (Å²) in [5, 5.41) is 0. The number of ketones is 1. The normalized spacial score (nSPS) is 15.8. The first-order chi connectivity index (χ1) is 13.8. The smallest absolute Gasteiger partial charge is 0.281 e. The Morgan fingerprint density at radius 1 is 1.00 bits per heavy atom. The van der Waals surface area contributed by atoms with Gasteiger partial charge < -0.3 is 9.80 Å². The molecule has 1 amide bonds. The van der Waals surface area contributed by atoms with Crippen molar-refractivity contribution in [1.29, 1.82) is 0 Å². The van der Waals surface area contributed by atoms with Gasteiger partial charge >= 0.3 is 0 Å². The number of piperazine rings is 1. The number of nitrogens with zero attached hydrogens (tertiary/aromatic N) is 2. The third-order valence-corrected chi connectivity index (χ3v) is 7.16. The van der Waals surface area contributed by atoms with Crippen LogP contribution < -0.4 is 9.80 Å². The van der Waals surface area contributed by atoms with Crippen LogP contribution in [0, 0.1) is 0 Å². The highest BCUT2D eigenvalue weighted by Gasteiger charge is 2.31. The number of anilines is 1. The average molecular weight is 417 g/mol. The quantitative estimate of drug-likeness (QED) is 0.694. The second-order valence-electron chi connectivity index (χ2n) is 7.20. The Bertz CT molecular complexity index is 967. The van der Waals surface area contributed by atoms with Crippen LogP contribution in [0.3, 0.4) is 0 Å². The number of rotatable bonds is 6. The summed E-state index contributed by atoms with van der Waals surface area (Å²) in [6.07, 6.45) is 0. The highest BCUT2D eigenvalue weighted by atomic mass is 32.2. The average Bonchev–Trinajstić information content (AvgIpc) is 2.74. The van der Waals surface area contributed by atoms with E-state index in [-0.39, 0.29) is 16.6 Å². The van der Waals surface area contributed by atoms with Gasteiger partial charge in [-0.15, -0.1) is 0 Å². The number of Topliss-reactive ketones (excluding diaryl/α,β-unsaturated/α-hetero) is 1. The number of likely N-dealkylation sites (N-methyl/N-ethyl adjacent to an activating group) is 1. The predicted octanol–water partition coefficient (Wildman–Crippen LogP) is 0.441. The molecule has 2 aromatic rings. The number of amides is 1. The molecule has 8 heteroatoms. The minimum atomic E-state index is -3.60. The molecule has 154 valence electrons. The van der Waals surface area contributed by atoms with Crippen molar-refractivity contribution in [3.63, 3.8) is 0 Å². The largest absolute Gasteiger partial charge is 0.325 e. The van der Waals surface area contributed by atoms with Gasteiger partial charge in [-0.1, -0.05) is 30.3 Å². The SMILES string of the molecule is CC(=O)c1ccc(S(=O)(=O)N2CC[NH+](CC(=O)N(C)c3ccccc3)CC2)cc1. The summed E-state index contributed by atoms with van der Waals surface area (Å²) in [7, 11) is -1.85. The Morgan fingerprint density at radius 3 is 2.14 bits per heavy atom. The maximum atomic E-state index is 12.8. The number of sulfonamides is 1. The lowest BCUT2D eigenvalue weighted by Crippen LogP contribution is -3.15. The number of quaternary nitrogens is 1. The van der Waals surface area contributed by atoms with E-state index in [4.69, 9.17) is 0 Å². The standard InChI is InChI=1S/C21H25N3O4S/c1-17(25)18-8-10-20(11-9-18)29(27,28)24-14-12-23(13-15-24)16-21(26)22(2)19-6-4-3-5-7-19/h3-11H,12-16H2,1-2H3/p+1. The van der Waals surface area contributed by atoms with E-state index in [9.17, 15) is 18.0 Å². The third kappa shape index (κ3) is 4.90. The van der Waals surface area contributed by atoms with Crippen LogP contribution in [0.4, 0.5) is 5.69 Å². The van der Waals surface area contributed by atoms with E-state index in [0.717, 1.165) is 10.6 Å². The molecule has 0 atom stereocenters. The first-order valence-corrected chi connectivity index (χ1v) is 11.0. The van der Waals surface area contributed by atoms with Gasteiger partial charge in [-0.3, -0.25) is 9.59 Å². The maximum absolute atomic E-state index is 12.8. The van der Waals surface area contributed by atoms with E-state index in [1.807, 2.05) is 30.3 Å². The van der Waals surface area contributed by atoms with Crippen LogP contribution in [-0.2, 0) is 14.8 Å². The number of nitrogens with one attached hydrogen (secondary N) is 1. The molecule has 1 aliphatic rings. The fourth-order valence-corrected chi connectivity index (χ4v) is 4.80. The Kier molecular flexibility index (Phi) is 6.46. The highest BCUT2D eigenvalue weighted by Crippen LogP contribution is 2.17. The van der Waals surface area contributed by atoms with Crippen LogP contribution >= 0.6 is 0 Å². The number of para-hydroxylation sites is 1. The summed E-state index contributed by atoms with van der Waals surface area (Å²) in [5.41, 5.74) is 1.33. The molecule has 0 saturated carbocycles. The van der Waals surface area contributed by atoms with E-state index in [2.05, 4.69) is 0 Å². The third-order valence-electron chi connectivity index (χ3n) is 5.25. The number of hydrogen-bond donors (Lipinski definition) is 1. The minimum Gasteiger partial charge on any atom is -0.325 e. The molecule has 1 heterocycles. The van der Waals surface area contributed by atoms with E-state index in [1.54, 1.807) is 11.9 Å². The molecular formula is C21H26N3O4S+. The van der Waals surface area contributed by atoms with Gasteiger partial charge in [-0.05, 0) is 31.2 Å². The molecule has 1 fully saturated rings. The zero-order valence-electron chi connectivity index (χ0n) is 16.7. The van der Waals surface area contributed by atoms with Gasteiger partial charge in [-0.25, -0.2) is 8.42 Å². The van der Waals surface area contributed by atoms with Crippen molar-refractivity contribution < 1.29 is 22.9 Å². The van der Waals surface area contributed by atoms with Crippen molar-refractivity contribution in [2.45, 2.75) is 11.8 Å². The van der Waals surface area contributed by atoms with E-state index in [0.29, 0.717) is 38.3 Å². The van der Waals surface area contributed by atoms with Gasteiger partial charge in [0.05, 0.1) is 31.1 Å². The van der Waals surface area contributed by atoms with Crippen LogP contribution in [0.1, 0.15) is 17.3 Å². The lowest BCUT2D eigenvalue weighted by atomic mass is 10.2. The molecule has 0 aliphatic carbocycles. The van der Waals surface area contributed by atoms with Gasteiger partial charge in [0.25, 0.3) is 5.91 Å². The number of hydrogen-bond acceptors (Lipinski definition) is 4. The van der Waals surface area contributed by atoms with Crippen molar-refractivity contribution in [2.75, 3.05) is 44.7 Å². The second-order valence-corrected chi connectivity index (χ2v) is 9.14. The molecule has 0 radical (unpaired) electrons. The topological polar surface area (TPSA) is 79.2 Å². The lowest BCUT2D eigenvalue weighted by molar-refractivity contribution is -0.895. The molecule has 29 heavy (non-hydrogen) atoms. The van der Waals surface area contributed by atoms with Crippen molar-refractivity contribution in [3.05, 3.63) is 60.2 Å². The fourth-order valence-electron chi connectivity index (χ4n) is 3.36. The zero-order valence-corrected chi connectivity index (χ0v) is 17.5. The summed E-state index contributed by atoms with van der Waals surface area (Å²) < 4.78 is 27.1. The molecule has 2 aromatic carbocycles. The molecule has 1 aliphatic heterocycles. The number of carbonyl (C=O) groups excluding carboxylic acids is 2. The number of benzene rings is 2. The zero-order chi connectivity index (χ0) is 21.0. The minimum absolute atomic E-state index is 0.00216. The van der Waals surface area contributed by atoms with E-state index in [1.165, 1.54) is 35.5 Å². The van der Waals surface area contributed by atoms with Gasteiger partial charge in [-0.2, -0.15) is 4.31 Å². The highest BCUT2D eigenvalue weighted by molar-refractivity contribution is 7.89. The predicted molar refractivity (Wildman–Crippen MR) is 111 cm³/mol. The number of carbonyl (C=O) groups is 2. The summed E-state index contributed by atoms with van der Waals surface area (Å²) in [6, 6.07) is 15.5. The van der Waals surface area contributed by atoms with Crippen molar-refractivity contribution in [3.8, 4) is 0 Å².